The van der Waals surface area contributed by atoms with Crippen molar-refractivity contribution in [3.8, 4) is 17.1 Å². The summed E-state index contributed by atoms with van der Waals surface area (Å²) in [4.78, 5) is 1.05. The summed E-state index contributed by atoms with van der Waals surface area (Å²) < 4.78 is 7.58. The Hall–Kier alpha value is -2.25. The summed E-state index contributed by atoms with van der Waals surface area (Å²) in [5.74, 6) is 1.45. The van der Waals surface area contributed by atoms with Crippen molar-refractivity contribution in [3.05, 3.63) is 51.4 Å². The van der Waals surface area contributed by atoms with Crippen LogP contribution in [-0.2, 0) is 0 Å². The van der Waals surface area contributed by atoms with E-state index in [2.05, 4.69) is 15.3 Å². The minimum Gasteiger partial charge on any atom is -0.494 e. The van der Waals surface area contributed by atoms with E-state index >= 15 is 0 Å². The molecule has 0 saturated heterocycles. The Morgan fingerprint density at radius 3 is 3.09 bits per heavy atom. The predicted octanol–water partition coefficient (Wildman–Crippen LogP) is 3.95. The quantitative estimate of drug-likeness (QED) is 0.569. The van der Waals surface area contributed by atoms with Gasteiger partial charge in [0.25, 0.3) is 0 Å². The van der Waals surface area contributed by atoms with Crippen LogP contribution in [-0.4, -0.2) is 27.7 Å². The van der Waals surface area contributed by atoms with Crippen LogP contribution in [0.5, 0.6) is 5.75 Å². The molecule has 0 aliphatic carbocycles. The maximum Gasteiger partial charge on any atom is 0.216 e. The Bertz CT molecular complexity index is 833. The minimum atomic E-state index is 0.449. The molecule has 0 amide bonds. The largest absolute Gasteiger partial charge is 0.494 e. The predicted molar refractivity (Wildman–Crippen MR) is 91.3 cm³/mol. The zero-order valence-corrected chi connectivity index (χ0v) is 13.5. The van der Waals surface area contributed by atoms with E-state index in [0.717, 1.165) is 16.2 Å². The first-order valence-electron chi connectivity index (χ1n) is 6.76. The van der Waals surface area contributed by atoms with Crippen LogP contribution >= 0.6 is 23.6 Å². The first-order chi connectivity index (χ1) is 10.8. The molecular weight excluding hydrogens is 316 g/mol. The van der Waals surface area contributed by atoms with E-state index in [1.807, 2.05) is 48.7 Å². The summed E-state index contributed by atoms with van der Waals surface area (Å²) in [6, 6.07) is 11.7. The number of nitrogens with one attached hydrogen (secondary N) is 1. The molecule has 0 saturated carbocycles. The van der Waals surface area contributed by atoms with E-state index in [1.54, 1.807) is 22.2 Å². The van der Waals surface area contributed by atoms with Gasteiger partial charge in [0.1, 0.15) is 5.75 Å². The highest BCUT2D eigenvalue weighted by Gasteiger charge is 2.09. The smallest absolute Gasteiger partial charge is 0.216 e. The summed E-state index contributed by atoms with van der Waals surface area (Å²) in [6.07, 6.45) is 1.77. The van der Waals surface area contributed by atoms with E-state index in [9.17, 15) is 0 Å². The number of hydrogen-bond donors (Lipinski definition) is 1. The number of aromatic nitrogens is 3. The molecule has 2 heterocycles. The second-order valence-electron chi connectivity index (χ2n) is 4.39. The summed E-state index contributed by atoms with van der Waals surface area (Å²) in [6.45, 7) is 2.57. The van der Waals surface area contributed by atoms with Crippen LogP contribution in [0.2, 0.25) is 0 Å². The molecule has 3 rings (SSSR count). The molecule has 3 aromatic rings. The van der Waals surface area contributed by atoms with Crippen molar-refractivity contribution in [1.29, 1.82) is 0 Å². The molecule has 0 bridgehead atoms. The van der Waals surface area contributed by atoms with Gasteiger partial charge in [0.15, 0.2) is 5.82 Å². The lowest BCUT2D eigenvalue weighted by atomic mass is 10.2. The van der Waals surface area contributed by atoms with Gasteiger partial charge in [-0.25, -0.2) is 5.10 Å². The number of rotatable bonds is 5. The van der Waals surface area contributed by atoms with Gasteiger partial charge in [-0.2, -0.15) is 14.9 Å². The normalized spacial score (nSPS) is 11.1. The number of hydrogen-bond acceptors (Lipinski definition) is 5. The van der Waals surface area contributed by atoms with Crippen molar-refractivity contribution in [3.63, 3.8) is 0 Å². The highest BCUT2D eigenvalue weighted by molar-refractivity contribution is 7.71. The van der Waals surface area contributed by atoms with Gasteiger partial charge >= 0.3 is 0 Å². The fourth-order valence-corrected chi connectivity index (χ4v) is 2.72. The zero-order valence-electron chi connectivity index (χ0n) is 11.9. The van der Waals surface area contributed by atoms with Gasteiger partial charge in [-0.1, -0.05) is 18.2 Å². The molecule has 0 aliphatic rings. The van der Waals surface area contributed by atoms with E-state index in [4.69, 9.17) is 17.0 Å². The third-order valence-electron chi connectivity index (χ3n) is 2.90. The summed E-state index contributed by atoms with van der Waals surface area (Å²) >= 11 is 6.87. The van der Waals surface area contributed by atoms with Gasteiger partial charge in [0, 0.05) is 10.4 Å². The third-order valence-corrected chi connectivity index (χ3v) is 3.97. The number of thiophene rings is 1. The molecule has 0 fully saturated rings. The van der Waals surface area contributed by atoms with Crippen molar-refractivity contribution < 1.29 is 4.74 Å². The van der Waals surface area contributed by atoms with Crippen molar-refractivity contribution in [2.75, 3.05) is 6.61 Å². The van der Waals surface area contributed by atoms with Crippen LogP contribution in [0.25, 0.3) is 11.4 Å². The van der Waals surface area contributed by atoms with Gasteiger partial charge in [-0.15, -0.1) is 11.3 Å². The van der Waals surface area contributed by atoms with E-state index < -0.39 is 0 Å². The molecule has 0 atom stereocenters. The molecule has 0 aliphatic heterocycles. The van der Waals surface area contributed by atoms with Gasteiger partial charge in [-0.05, 0) is 42.7 Å². The monoisotopic (exact) mass is 330 g/mol. The Morgan fingerprint density at radius 1 is 1.41 bits per heavy atom. The number of H-pyrrole nitrogens is 1. The van der Waals surface area contributed by atoms with Crippen molar-refractivity contribution in [1.82, 2.24) is 14.9 Å². The molecule has 0 unspecified atom stereocenters. The molecule has 7 heteroatoms. The van der Waals surface area contributed by atoms with Crippen molar-refractivity contribution in [2.45, 2.75) is 6.92 Å². The van der Waals surface area contributed by atoms with E-state index in [-0.39, 0.29) is 0 Å². The maximum absolute atomic E-state index is 5.52. The summed E-state index contributed by atoms with van der Waals surface area (Å²) in [7, 11) is 0. The molecule has 22 heavy (non-hydrogen) atoms. The minimum absolute atomic E-state index is 0.449. The topological polar surface area (TPSA) is 55.2 Å². The standard InChI is InChI=1S/C15H14N4OS2/c1-2-20-12-6-3-5-11(9-12)14-17-18-15(21)19(14)16-10-13-7-4-8-22-13/h3-10H,2H2,1H3,(H,18,21)/b16-10-. The lowest BCUT2D eigenvalue weighted by molar-refractivity contribution is 0.340. The Kier molecular flexibility index (Phi) is 4.45. The molecule has 5 nitrogen and oxygen atoms in total. The van der Waals surface area contributed by atoms with Crippen LogP contribution in [0.4, 0.5) is 0 Å². The number of nitrogens with zero attached hydrogens (tertiary/aromatic N) is 3. The van der Waals surface area contributed by atoms with Crippen LogP contribution in [0.15, 0.2) is 46.9 Å². The van der Waals surface area contributed by atoms with E-state index in [0.29, 0.717) is 17.2 Å². The first-order valence-corrected chi connectivity index (χ1v) is 8.05. The highest BCUT2D eigenvalue weighted by Crippen LogP contribution is 2.22. The molecule has 112 valence electrons. The number of benzene rings is 1. The van der Waals surface area contributed by atoms with Crippen LogP contribution in [0, 0.1) is 4.77 Å². The van der Waals surface area contributed by atoms with Crippen LogP contribution in [0.3, 0.4) is 0 Å². The van der Waals surface area contributed by atoms with Gasteiger partial charge in [0.05, 0.1) is 12.8 Å². The molecular formula is C15H14N4OS2. The molecule has 2 aromatic heterocycles. The fraction of sp³-hybridized carbons (Fsp3) is 0.133. The Morgan fingerprint density at radius 2 is 2.32 bits per heavy atom. The second kappa shape index (κ2) is 6.67. The molecule has 0 spiro atoms. The Labute approximate surface area is 136 Å². The molecule has 1 aromatic carbocycles. The average Bonchev–Trinajstić information content (AvgIpc) is 3.15. The maximum atomic E-state index is 5.52. The second-order valence-corrected chi connectivity index (χ2v) is 5.75. The van der Waals surface area contributed by atoms with Crippen molar-refractivity contribution >= 4 is 29.8 Å². The number of aromatic amines is 1. The lowest BCUT2D eigenvalue weighted by Crippen LogP contribution is -1.96. The Balaban J connectivity index is 1.98. The van der Waals surface area contributed by atoms with Gasteiger partial charge < -0.3 is 4.74 Å². The summed E-state index contributed by atoms with van der Waals surface area (Å²) in [5, 5.41) is 13.5. The van der Waals surface area contributed by atoms with Gasteiger partial charge in [0.2, 0.25) is 4.77 Å². The van der Waals surface area contributed by atoms with Gasteiger partial charge in [-0.3, -0.25) is 0 Å². The highest BCUT2D eigenvalue weighted by atomic mass is 32.1. The fourth-order valence-electron chi connectivity index (χ4n) is 1.96. The lowest BCUT2D eigenvalue weighted by Gasteiger charge is -2.05. The molecule has 1 N–H and O–H groups in total. The third kappa shape index (κ3) is 3.15. The first kappa shape index (κ1) is 14.7. The SMILES string of the molecule is CCOc1cccc(-c2n[nH]c(=S)n2/N=C\c2cccs2)c1. The van der Waals surface area contributed by atoms with Crippen molar-refractivity contribution in [2.24, 2.45) is 5.10 Å². The molecule has 0 radical (unpaired) electrons. The van der Waals surface area contributed by atoms with Crippen LogP contribution < -0.4 is 4.74 Å². The van der Waals surface area contributed by atoms with E-state index in [1.165, 1.54) is 0 Å². The zero-order chi connectivity index (χ0) is 15.4. The summed E-state index contributed by atoms with van der Waals surface area (Å²) in [5.41, 5.74) is 0.890. The average molecular weight is 330 g/mol. The van der Waals surface area contributed by atoms with Crippen LogP contribution in [0.1, 0.15) is 11.8 Å². The number of ether oxygens (including phenoxy) is 1.